The summed E-state index contributed by atoms with van der Waals surface area (Å²) in [6, 6.07) is 15.3. The molecule has 3 aromatic rings. The highest BCUT2D eigenvalue weighted by Crippen LogP contribution is 2.15. The van der Waals surface area contributed by atoms with Gasteiger partial charge in [0.1, 0.15) is 0 Å². The van der Waals surface area contributed by atoms with Crippen molar-refractivity contribution in [2.24, 2.45) is 7.05 Å². The Balaban J connectivity index is 1.48. The number of amides is 1. The summed E-state index contributed by atoms with van der Waals surface area (Å²) in [5.74, 6) is -0.446. The van der Waals surface area contributed by atoms with Crippen molar-refractivity contribution in [1.82, 2.24) is 15.1 Å². The van der Waals surface area contributed by atoms with Crippen molar-refractivity contribution in [3.05, 3.63) is 75.7 Å². The molecule has 7 nitrogen and oxygen atoms in total. The Labute approximate surface area is 181 Å². The second-order valence-corrected chi connectivity index (χ2v) is 7.75. The Morgan fingerprint density at radius 1 is 1.06 bits per heavy atom. The maximum Gasteiger partial charge on any atom is 0.312 e. The topological polar surface area (TPSA) is 90.3 Å². The zero-order chi connectivity index (χ0) is 22.4. The van der Waals surface area contributed by atoms with Crippen LogP contribution in [-0.2, 0) is 34.2 Å². The number of nitrogens with zero attached hydrogens (tertiary/aromatic N) is 2. The van der Waals surface area contributed by atoms with Crippen molar-refractivity contribution < 1.29 is 14.3 Å². The Hall–Kier alpha value is -3.48. The van der Waals surface area contributed by atoms with E-state index in [1.165, 1.54) is 17.3 Å². The van der Waals surface area contributed by atoms with Gasteiger partial charge in [-0.15, -0.1) is 0 Å². The number of aryl methyl sites for hydroxylation is 1. The number of carbonyl (C=O) groups excluding carboxylic acids is 2. The van der Waals surface area contributed by atoms with E-state index in [0.29, 0.717) is 35.3 Å². The molecular weight excluding hydrogens is 394 g/mol. The highest BCUT2D eigenvalue weighted by atomic mass is 16.5. The van der Waals surface area contributed by atoms with Gasteiger partial charge in [-0.2, -0.15) is 5.10 Å². The molecule has 0 bridgehead atoms. The van der Waals surface area contributed by atoms with Gasteiger partial charge in [0.2, 0.25) is 0 Å². The van der Waals surface area contributed by atoms with Gasteiger partial charge in [-0.25, -0.2) is 4.68 Å². The fourth-order valence-corrected chi connectivity index (χ4v) is 3.31. The zero-order valence-corrected chi connectivity index (χ0v) is 18.1. The van der Waals surface area contributed by atoms with Crippen LogP contribution in [0.15, 0.2) is 53.3 Å². The molecule has 0 radical (unpaired) electrons. The fraction of sp³-hybridized carbons (Fsp3) is 0.333. The maximum atomic E-state index is 12.2. The van der Waals surface area contributed by atoms with E-state index in [2.05, 4.69) is 48.5 Å². The molecule has 2 aromatic carbocycles. The molecule has 3 rings (SSSR count). The van der Waals surface area contributed by atoms with Crippen molar-refractivity contribution in [2.45, 2.75) is 32.6 Å². The fourth-order valence-electron chi connectivity index (χ4n) is 3.31. The second-order valence-electron chi connectivity index (χ2n) is 7.75. The molecule has 0 aliphatic heterocycles. The van der Waals surface area contributed by atoms with Crippen LogP contribution in [-0.4, -0.2) is 34.8 Å². The largest absolute Gasteiger partial charge is 0.455 e. The van der Waals surface area contributed by atoms with Gasteiger partial charge in [-0.3, -0.25) is 14.4 Å². The quantitative estimate of drug-likeness (QED) is 0.565. The number of ether oxygens (including phenoxy) is 1. The van der Waals surface area contributed by atoms with Crippen LogP contribution in [0.5, 0.6) is 0 Å². The minimum Gasteiger partial charge on any atom is -0.455 e. The number of hydrogen-bond donors (Lipinski definition) is 1. The molecule has 0 fully saturated rings. The summed E-state index contributed by atoms with van der Waals surface area (Å²) in [6.07, 6.45) is 0.579. The molecule has 162 valence electrons. The lowest BCUT2D eigenvalue weighted by Crippen LogP contribution is -2.31. The summed E-state index contributed by atoms with van der Waals surface area (Å²) in [5.41, 5.74) is 2.62. The number of rotatable bonds is 8. The van der Waals surface area contributed by atoms with Crippen LogP contribution in [0.3, 0.4) is 0 Å². The molecule has 0 spiro atoms. The molecule has 7 heteroatoms. The third kappa shape index (κ3) is 5.78. The van der Waals surface area contributed by atoms with Gasteiger partial charge in [0.25, 0.3) is 11.5 Å². The Bertz CT molecular complexity index is 1130. The molecule has 1 N–H and O–H groups in total. The van der Waals surface area contributed by atoms with Crippen LogP contribution in [0.4, 0.5) is 0 Å². The molecule has 0 atom stereocenters. The first-order valence-electron chi connectivity index (χ1n) is 10.3. The summed E-state index contributed by atoms with van der Waals surface area (Å²) in [4.78, 5) is 36.4. The summed E-state index contributed by atoms with van der Waals surface area (Å²) in [6.45, 7) is 4.40. The van der Waals surface area contributed by atoms with E-state index in [9.17, 15) is 14.4 Å². The molecule has 1 heterocycles. The first-order valence-corrected chi connectivity index (χ1v) is 10.3. The molecule has 31 heavy (non-hydrogen) atoms. The molecule has 0 aliphatic rings. The normalized spacial score (nSPS) is 11.0. The van der Waals surface area contributed by atoms with Crippen molar-refractivity contribution in [1.29, 1.82) is 0 Å². The van der Waals surface area contributed by atoms with Crippen molar-refractivity contribution in [3.63, 3.8) is 0 Å². The molecule has 0 saturated heterocycles. The third-order valence-corrected chi connectivity index (χ3v) is 5.09. The van der Waals surface area contributed by atoms with Crippen LogP contribution in [0, 0.1) is 0 Å². The van der Waals surface area contributed by atoms with Crippen molar-refractivity contribution in [3.8, 4) is 0 Å². The summed E-state index contributed by atoms with van der Waals surface area (Å²) < 4.78 is 6.29. The minimum atomic E-state index is -0.573. The molecular formula is C24H27N3O4. The van der Waals surface area contributed by atoms with Crippen molar-refractivity contribution >= 4 is 22.6 Å². The number of hydrogen-bond acceptors (Lipinski definition) is 5. The van der Waals surface area contributed by atoms with E-state index >= 15 is 0 Å². The van der Waals surface area contributed by atoms with Gasteiger partial charge in [0, 0.05) is 19.0 Å². The highest BCUT2D eigenvalue weighted by molar-refractivity contribution is 5.87. The van der Waals surface area contributed by atoms with Gasteiger partial charge in [0.15, 0.2) is 6.61 Å². The lowest BCUT2D eigenvalue weighted by molar-refractivity contribution is -0.147. The van der Waals surface area contributed by atoms with Gasteiger partial charge < -0.3 is 10.1 Å². The van der Waals surface area contributed by atoms with E-state index in [-0.39, 0.29) is 24.5 Å². The van der Waals surface area contributed by atoms with Crippen LogP contribution in [0.25, 0.3) is 10.8 Å². The van der Waals surface area contributed by atoms with Gasteiger partial charge in [0.05, 0.1) is 17.5 Å². The van der Waals surface area contributed by atoms with E-state index < -0.39 is 5.97 Å². The predicted molar refractivity (Wildman–Crippen MR) is 119 cm³/mol. The summed E-state index contributed by atoms with van der Waals surface area (Å²) >= 11 is 0. The number of aromatic nitrogens is 2. The molecule has 0 unspecified atom stereocenters. The van der Waals surface area contributed by atoms with E-state index in [0.717, 1.165) is 5.56 Å². The summed E-state index contributed by atoms with van der Waals surface area (Å²) in [7, 11) is 1.54. The van der Waals surface area contributed by atoms with Gasteiger partial charge in [-0.05, 0) is 29.5 Å². The van der Waals surface area contributed by atoms with E-state index in [1.54, 1.807) is 24.3 Å². The lowest BCUT2D eigenvalue weighted by Gasteiger charge is -2.09. The Morgan fingerprint density at radius 3 is 2.42 bits per heavy atom. The van der Waals surface area contributed by atoms with E-state index in [4.69, 9.17) is 4.74 Å². The SMILES string of the molecule is CC(C)c1ccc(CCNC(=O)COC(=O)Cc2nn(C)c(=O)c3ccccc23)cc1. The molecule has 0 saturated carbocycles. The standard InChI is InChI=1S/C24H27N3O4/c1-16(2)18-10-8-17(9-11-18)12-13-25-22(28)15-31-23(29)14-21-19-6-4-5-7-20(19)24(30)27(3)26-21/h4-11,16H,12-15H2,1-3H3,(H,25,28). The van der Waals surface area contributed by atoms with Crippen LogP contribution >= 0.6 is 0 Å². The second kappa shape index (κ2) is 10.0. The number of carbonyl (C=O) groups is 2. The minimum absolute atomic E-state index is 0.121. The van der Waals surface area contributed by atoms with Crippen LogP contribution in [0.2, 0.25) is 0 Å². The third-order valence-electron chi connectivity index (χ3n) is 5.09. The first kappa shape index (κ1) is 22.2. The summed E-state index contributed by atoms with van der Waals surface area (Å²) in [5, 5.41) is 8.02. The van der Waals surface area contributed by atoms with Crippen LogP contribution < -0.4 is 10.9 Å². The number of esters is 1. The average molecular weight is 421 g/mol. The Morgan fingerprint density at radius 2 is 1.74 bits per heavy atom. The Kier molecular flexibility index (Phi) is 7.18. The number of fused-ring (bicyclic) bond motifs is 1. The van der Waals surface area contributed by atoms with E-state index in [1.807, 2.05) is 0 Å². The maximum absolute atomic E-state index is 12.2. The number of nitrogens with one attached hydrogen (secondary N) is 1. The van der Waals surface area contributed by atoms with Crippen molar-refractivity contribution in [2.75, 3.05) is 13.2 Å². The smallest absolute Gasteiger partial charge is 0.312 e. The molecule has 0 aliphatic carbocycles. The lowest BCUT2D eigenvalue weighted by atomic mass is 10.0. The highest BCUT2D eigenvalue weighted by Gasteiger charge is 2.14. The molecule has 1 amide bonds. The monoisotopic (exact) mass is 421 g/mol. The molecule has 1 aromatic heterocycles. The van der Waals surface area contributed by atoms with Crippen LogP contribution in [0.1, 0.15) is 36.6 Å². The zero-order valence-electron chi connectivity index (χ0n) is 18.1. The van der Waals surface area contributed by atoms with Gasteiger partial charge in [-0.1, -0.05) is 56.3 Å². The van der Waals surface area contributed by atoms with Gasteiger partial charge >= 0.3 is 5.97 Å². The number of benzene rings is 2. The average Bonchev–Trinajstić information content (AvgIpc) is 2.76. The predicted octanol–water partition coefficient (Wildman–Crippen LogP) is 2.50. The first-order chi connectivity index (χ1) is 14.8.